The number of aryl methyl sites for hydroxylation is 3. The van der Waals surface area contributed by atoms with Gasteiger partial charge in [0.15, 0.2) is 5.78 Å². The van der Waals surface area contributed by atoms with Gasteiger partial charge in [-0.05, 0) is 85.0 Å². The van der Waals surface area contributed by atoms with E-state index in [9.17, 15) is 24.0 Å². The molecule has 0 fully saturated rings. The van der Waals surface area contributed by atoms with Crippen molar-refractivity contribution in [3.63, 3.8) is 0 Å². The predicted octanol–water partition coefficient (Wildman–Crippen LogP) is 5.54. The maximum absolute atomic E-state index is 13.5. The van der Waals surface area contributed by atoms with Gasteiger partial charge in [0, 0.05) is 18.2 Å². The van der Waals surface area contributed by atoms with Crippen LogP contribution in [0.15, 0.2) is 72.8 Å². The van der Waals surface area contributed by atoms with Gasteiger partial charge in [-0.25, -0.2) is 4.90 Å². The zero-order chi connectivity index (χ0) is 28.5. The molecule has 0 N–H and O–H groups in total. The fraction of sp³-hybridized carbons (Fsp3) is 0.121. The Morgan fingerprint density at radius 2 is 1.02 bits per heavy atom. The molecule has 196 valence electrons. The van der Waals surface area contributed by atoms with Crippen LogP contribution in [0.1, 0.15) is 74.0 Å². The van der Waals surface area contributed by atoms with E-state index in [4.69, 9.17) is 0 Å². The zero-order valence-corrected chi connectivity index (χ0v) is 22.4. The van der Waals surface area contributed by atoms with E-state index in [1.54, 1.807) is 6.07 Å². The first-order chi connectivity index (χ1) is 19.1. The van der Waals surface area contributed by atoms with Crippen molar-refractivity contribution in [3.8, 4) is 11.1 Å². The fourth-order valence-electron chi connectivity index (χ4n) is 5.28. The SMILES string of the molecule is Cc1ccc(-c2ccc(N3C(=O)c4ccc(C(=O)c5ccc6c(c5)C(=O)N(C)C6=O)cc4C3=O)c(C)c2)cc1C. The number of imide groups is 2. The molecule has 4 aromatic carbocycles. The molecular formula is C33H24N2O5. The molecule has 0 atom stereocenters. The van der Waals surface area contributed by atoms with E-state index in [-0.39, 0.29) is 33.4 Å². The molecule has 40 heavy (non-hydrogen) atoms. The van der Waals surface area contributed by atoms with Gasteiger partial charge in [0.25, 0.3) is 23.6 Å². The van der Waals surface area contributed by atoms with Crippen molar-refractivity contribution in [1.29, 1.82) is 0 Å². The highest BCUT2D eigenvalue weighted by Crippen LogP contribution is 2.34. The normalized spacial score (nSPS) is 14.2. The average Bonchev–Trinajstić information content (AvgIpc) is 3.33. The van der Waals surface area contributed by atoms with E-state index in [1.165, 1.54) is 54.6 Å². The number of carbonyl (C=O) groups excluding carboxylic acids is 5. The van der Waals surface area contributed by atoms with E-state index in [1.807, 2.05) is 25.1 Å². The second-order valence-corrected chi connectivity index (χ2v) is 10.3. The summed E-state index contributed by atoms with van der Waals surface area (Å²) in [5.41, 5.74) is 6.84. The molecule has 7 heteroatoms. The van der Waals surface area contributed by atoms with Crippen LogP contribution < -0.4 is 4.90 Å². The Bertz CT molecular complexity index is 1850. The van der Waals surface area contributed by atoms with Gasteiger partial charge in [0.05, 0.1) is 27.9 Å². The monoisotopic (exact) mass is 528 g/mol. The Kier molecular flexibility index (Phi) is 5.62. The van der Waals surface area contributed by atoms with E-state index in [2.05, 4.69) is 26.0 Å². The number of anilines is 1. The highest BCUT2D eigenvalue weighted by molar-refractivity contribution is 6.35. The summed E-state index contributed by atoms with van der Waals surface area (Å²) < 4.78 is 0. The minimum Gasteiger partial charge on any atom is -0.289 e. The number of carbonyl (C=O) groups is 5. The first-order valence-corrected chi connectivity index (χ1v) is 12.8. The van der Waals surface area contributed by atoms with E-state index >= 15 is 0 Å². The average molecular weight is 529 g/mol. The molecule has 0 aliphatic carbocycles. The standard InChI is InChI=1S/C33H24N2O5/c1-17-5-6-20(13-18(17)2)21-9-12-28(19(3)14-21)35-32(39)25-11-8-23(16-27(25)33(35)40)29(36)22-7-10-24-26(15-22)31(38)34(4)30(24)37/h5-16H,1-4H3. The summed E-state index contributed by atoms with van der Waals surface area (Å²) in [7, 11) is 1.39. The number of fused-ring (bicyclic) bond motifs is 2. The Balaban J connectivity index is 1.31. The van der Waals surface area contributed by atoms with Crippen LogP contribution >= 0.6 is 0 Å². The lowest BCUT2D eigenvalue weighted by atomic mass is 9.96. The highest BCUT2D eigenvalue weighted by Gasteiger charge is 2.38. The van der Waals surface area contributed by atoms with Crippen LogP contribution in [-0.4, -0.2) is 41.4 Å². The smallest absolute Gasteiger partial charge is 0.266 e. The van der Waals surface area contributed by atoms with Gasteiger partial charge < -0.3 is 0 Å². The Morgan fingerprint density at radius 3 is 1.62 bits per heavy atom. The summed E-state index contributed by atoms with van der Waals surface area (Å²) >= 11 is 0. The Morgan fingerprint density at radius 1 is 0.525 bits per heavy atom. The fourth-order valence-corrected chi connectivity index (χ4v) is 5.28. The number of ketones is 1. The maximum atomic E-state index is 13.5. The molecule has 2 heterocycles. The molecule has 0 radical (unpaired) electrons. The number of hydrogen-bond acceptors (Lipinski definition) is 5. The van der Waals surface area contributed by atoms with Gasteiger partial charge in [0.1, 0.15) is 0 Å². The van der Waals surface area contributed by atoms with Gasteiger partial charge in [-0.2, -0.15) is 0 Å². The third kappa shape index (κ3) is 3.70. The van der Waals surface area contributed by atoms with Crippen molar-refractivity contribution >= 4 is 35.1 Å². The summed E-state index contributed by atoms with van der Waals surface area (Å²) in [6, 6.07) is 20.6. The van der Waals surface area contributed by atoms with Crippen LogP contribution in [0.4, 0.5) is 5.69 Å². The largest absolute Gasteiger partial charge is 0.289 e. The third-order valence-electron chi connectivity index (χ3n) is 7.78. The van der Waals surface area contributed by atoms with Crippen LogP contribution in [-0.2, 0) is 0 Å². The highest BCUT2D eigenvalue weighted by atomic mass is 16.2. The van der Waals surface area contributed by atoms with Crippen molar-refractivity contribution in [2.75, 3.05) is 11.9 Å². The third-order valence-corrected chi connectivity index (χ3v) is 7.78. The van der Waals surface area contributed by atoms with Crippen molar-refractivity contribution in [2.24, 2.45) is 0 Å². The van der Waals surface area contributed by atoms with E-state index < -0.39 is 29.4 Å². The molecule has 0 aromatic heterocycles. The maximum Gasteiger partial charge on any atom is 0.266 e. The number of hydrogen-bond donors (Lipinski definition) is 0. The van der Waals surface area contributed by atoms with Crippen LogP contribution in [0.2, 0.25) is 0 Å². The molecule has 2 aliphatic heterocycles. The van der Waals surface area contributed by atoms with Gasteiger partial charge in [-0.1, -0.05) is 36.4 Å². The van der Waals surface area contributed by atoms with Gasteiger partial charge in [0.2, 0.25) is 0 Å². The summed E-state index contributed by atoms with van der Waals surface area (Å²) in [5.74, 6) is -2.27. The van der Waals surface area contributed by atoms with E-state index in [0.29, 0.717) is 5.69 Å². The van der Waals surface area contributed by atoms with Gasteiger partial charge >= 0.3 is 0 Å². The molecule has 6 rings (SSSR count). The van der Waals surface area contributed by atoms with Crippen molar-refractivity contribution in [2.45, 2.75) is 20.8 Å². The molecule has 0 bridgehead atoms. The molecule has 2 aliphatic rings. The minimum atomic E-state index is -0.506. The first-order valence-electron chi connectivity index (χ1n) is 12.8. The first kappa shape index (κ1) is 25.1. The lowest BCUT2D eigenvalue weighted by molar-refractivity contribution is 0.0692. The topological polar surface area (TPSA) is 91.8 Å². The van der Waals surface area contributed by atoms with Crippen LogP contribution in [0.5, 0.6) is 0 Å². The second-order valence-electron chi connectivity index (χ2n) is 10.3. The van der Waals surface area contributed by atoms with Gasteiger partial charge in [-0.15, -0.1) is 0 Å². The number of rotatable bonds is 4. The summed E-state index contributed by atoms with van der Waals surface area (Å²) in [5, 5.41) is 0. The Labute approximate surface area is 230 Å². The lowest BCUT2D eigenvalue weighted by Gasteiger charge is -2.18. The summed E-state index contributed by atoms with van der Waals surface area (Å²) in [6.45, 7) is 5.97. The number of nitrogens with zero attached hydrogens (tertiary/aromatic N) is 2. The number of amides is 4. The summed E-state index contributed by atoms with van der Waals surface area (Å²) in [6.07, 6.45) is 0. The van der Waals surface area contributed by atoms with Crippen molar-refractivity contribution in [1.82, 2.24) is 4.90 Å². The minimum absolute atomic E-state index is 0.139. The zero-order valence-electron chi connectivity index (χ0n) is 22.4. The number of benzene rings is 4. The van der Waals surface area contributed by atoms with Gasteiger partial charge in [-0.3, -0.25) is 28.9 Å². The molecule has 0 unspecified atom stereocenters. The second kappa shape index (κ2) is 8.95. The van der Waals surface area contributed by atoms with Crippen LogP contribution in [0, 0.1) is 20.8 Å². The van der Waals surface area contributed by atoms with Crippen LogP contribution in [0.25, 0.3) is 11.1 Å². The quantitative estimate of drug-likeness (QED) is 0.256. The molecular weight excluding hydrogens is 504 g/mol. The van der Waals surface area contributed by atoms with Crippen molar-refractivity contribution in [3.05, 3.63) is 123 Å². The molecule has 0 saturated carbocycles. The molecule has 4 aromatic rings. The van der Waals surface area contributed by atoms with E-state index in [0.717, 1.165) is 26.5 Å². The molecule has 4 amide bonds. The molecule has 7 nitrogen and oxygen atoms in total. The lowest BCUT2D eigenvalue weighted by Crippen LogP contribution is -2.30. The molecule has 0 spiro atoms. The summed E-state index contributed by atoms with van der Waals surface area (Å²) in [4.78, 5) is 66.8. The van der Waals surface area contributed by atoms with Crippen molar-refractivity contribution < 1.29 is 24.0 Å². The molecule has 0 saturated heterocycles. The van der Waals surface area contributed by atoms with Crippen LogP contribution in [0.3, 0.4) is 0 Å². The predicted molar refractivity (Wildman–Crippen MR) is 150 cm³/mol. The Hall–Kier alpha value is -5.17.